The summed E-state index contributed by atoms with van der Waals surface area (Å²) < 4.78 is 39.8. The van der Waals surface area contributed by atoms with Crippen LogP contribution < -0.4 is 19.1 Å². The summed E-state index contributed by atoms with van der Waals surface area (Å²) in [6.07, 6.45) is 5.38. The van der Waals surface area contributed by atoms with E-state index in [2.05, 4.69) is 5.32 Å². The minimum Gasteiger partial charge on any atom is -0.497 e. The second-order valence-corrected chi connectivity index (χ2v) is 13.6. The molecule has 11 heteroatoms. The molecule has 0 radical (unpaired) electrons. The summed E-state index contributed by atoms with van der Waals surface area (Å²) in [5.74, 6) is 0.252. The fraction of sp³-hybridized carbons (Fsp3) is 0.412. The van der Waals surface area contributed by atoms with Gasteiger partial charge in [-0.15, -0.1) is 0 Å². The lowest BCUT2D eigenvalue weighted by Gasteiger charge is -2.34. The minimum atomic E-state index is -4.22. The molecule has 1 aliphatic rings. The molecule has 4 rings (SSSR count). The van der Waals surface area contributed by atoms with E-state index in [4.69, 9.17) is 21.1 Å². The molecule has 3 aromatic carbocycles. The Labute approximate surface area is 271 Å². The minimum absolute atomic E-state index is 0.0247. The molecule has 242 valence electrons. The van der Waals surface area contributed by atoms with Gasteiger partial charge in [0.25, 0.3) is 10.0 Å². The van der Waals surface area contributed by atoms with Crippen LogP contribution in [0.3, 0.4) is 0 Å². The van der Waals surface area contributed by atoms with Crippen molar-refractivity contribution < 1.29 is 27.5 Å². The van der Waals surface area contributed by atoms with Crippen molar-refractivity contribution in [3.8, 4) is 11.5 Å². The zero-order valence-electron chi connectivity index (χ0n) is 26.3. The molecule has 0 heterocycles. The van der Waals surface area contributed by atoms with Crippen LogP contribution in [0.15, 0.2) is 71.6 Å². The topological polar surface area (TPSA) is 105 Å². The lowest BCUT2D eigenvalue weighted by Crippen LogP contribution is -2.54. The van der Waals surface area contributed by atoms with Gasteiger partial charge in [-0.2, -0.15) is 0 Å². The number of nitrogens with zero attached hydrogens (tertiary/aromatic N) is 2. The van der Waals surface area contributed by atoms with Gasteiger partial charge in [0, 0.05) is 12.6 Å². The number of carbonyl (C=O) groups is 2. The van der Waals surface area contributed by atoms with Crippen LogP contribution >= 0.6 is 11.6 Å². The van der Waals surface area contributed by atoms with Gasteiger partial charge in [0.15, 0.2) is 0 Å². The predicted molar refractivity (Wildman–Crippen MR) is 176 cm³/mol. The van der Waals surface area contributed by atoms with Crippen molar-refractivity contribution in [2.75, 3.05) is 25.1 Å². The number of nitrogens with one attached hydrogen (secondary N) is 1. The number of hydrogen-bond acceptors (Lipinski definition) is 6. The average Bonchev–Trinajstić information content (AvgIpc) is 3.04. The highest BCUT2D eigenvalue weighted by atomic mass is 35.5. The van der Waals surface area contributed by atoms with Crippen molar-refractivity contribution in [2.45, 2.75) is 75.9 Å². The third kappa shape index (κ3) is 8.49. The molecule has 1 saturated carbocycles. The number of rotatable bonds is 13. The maximum Gasteiger partial charge on any atom is 0.264 e. The number of ether oxygens (including phenoxy) is 2. The third-order valence-electron chi connectivity index (χ3n) is 8.16. The summed E-state index contributed by atoms with van der Waals surface area (Å²) in [7, 11) is -1.19. The van der Waals surface area contributed by atoms with Crippen molar-refractivity contribution in [2.24, 2.45) is 0 Å². The number of aryl methyl sites for hydroxylation is 1. The largest absolute Gasteiger partial charge is 0.497 e. The summed E-state index contributed by atoms with van der Waals surface area (Å²) >= 11 is 6.42. The lowest BCUT2D eigenvalue weighted by atomic mass is 9.95. The number of carbonyl (C=O) groups excluding carboxylic acids is 2. The van der Waals surface area contributed by atoms with Gasteiger partial charge in [-0.1, -0.05) is 67.6 Å². The highest BCUT2D eigenvalue weighted by Gasteiger charge is 2.34. The molecule has 3 aromatic rings. The lowest BCUT2D eigenvalue weighted by molar-refractivity contribution is -0.140. The standard InChI is InChI=1S/C34H42ClN3O6S/c1-5-31(34(40)36-26-9-7-6-8-10-26)37(22-25-13-16-28(43-3)17-14-25)33(39)23-38(27-15-20-32(44-4)30(35)21-27)45(41,42)29-18-11-24(2)12-19-29/h11-21,26,31H,5-10,22-23H2,1-4H3,(H,36,40)/t31-/m1/s1. The molecule has 0 saturated heterocycles. The maximum absolute atomic E-state index is 14.3. The van der Waals surface area contributed by atoms with Crippen LogP contribution in [0, 0.1) is 6.92 Å². The first-order chi connectivity index (χ1) is 21.6. The van der Waals surface area contributed by atoms with E-state index in [1.165, 1.54) is 30.2 Å². The highest BCUT2D eigenvalue weighted by Crippen LogP contribution is 2.32. The summed E-state index contributed by atoms with van der Waals surface area (Å²) in [6, 6.07) is 17.4. The molecule has 0 aliphatic heterocycles. The smallest absolute Gasteiger partial charge is 0.264 e. The molecule has 0 spiro atoms. The van der Waals surface area contributed by atoms with Crippen LogP contribution in [0.25, 0.3) is 0 Å². The van der Waals surface area contributed by atoms with E-state index in [9.17, 15) is 18.0 Å². The normalized spacial score (nSPS) is 14.3. The first-order valence-electron chi connectivity index (χ1n) is 15.2. The molecular weight excluding hydrogens is 614 g/mol. The number of halogens is 1. The summed E-state index contributed by atoms with van der Waals surface area (Å²) in [6.45, 7) is 3.26. The zero-order valence-corrected chi connectivity index (χ0v) is 27.9. The Hall–Kier alpha value is -3.76. The Balaban J connectivity index is 1.73. The van der Waals surface area contributed by atoms with E-state index in [0.29, 0.717) is 17.9 Å². The van der Waals surface area contributed by atoms with Crippen LogP contribution in [0.2, 0.25) is 5.02 Å². The fourth-order valence-corrected chi connectivity index (χ4v) is 7.23. The third-order valence-corrected chi connectivity index (χ3v) is 10.2. The molecule has 0 unspecified atom stereocenters. The predicted octanol–water partition coefficient (Wildman–Crippen LogP) is 6.12. The van der Waals surface area contributed by atoms with E-state index >= 15 is 0 Å². The number of benzene rings is 3. The van der Waals surface area contributed by atoms with Crippen molar-refractivity contribution in [1.82, 2.24) is 10.2 Å². The van der Waals surface area contributed by atoms with E-state index in [1.54, 1.807) is 43.5 Å². The van der Waals surface area contributed by atoms with E-state index in [0.717, 1.165) is 47.5 Å². The van der Waals surface area contributed by atoms with Crippen LogP contribution in [-0.4, -0.2) is 58.0 Å². The SMILES string of the molecule is CC[C@H](C(=O)NC1CCCCC1)N(Cc1ccc(OC)cc1)C(=O)CN(c1ccc(OC)c(Cl)c1)S(=O)(=O)c1ccc(C)cc1. The van der Waals surface area contributed by atoms with Gasteiger partial charge in [0.05, 0.1) is 29.8 Å². The Bertz CT molecular complexity index is 1560. The van der Waals surface area contributed by atoms with Gasteiger partial charge in [0.1, 0.15) is 24.1 Å². The van der Waals surface area contributed by atoms with Crippen molar-refractivity contribution in [3.05, 3.63) is 82.9 Å². The summed E-state index contributed by atoms with van der Waals surface area (Å²) in [5.41, 5.74) is 1.86. The van der Waals surface area contributed by atoms with Crippen LogP contribution in [0.5, 0.6) is 11.5 Å². The Morgan fingerprint density at radius 3 is 2.20 bits per heavy atom. The number of hydrogen-bond donors (Lipinski definition) is 1. The van der Waals surface area contributed by atoms with Gasteiger partial charge in [0.2, 0.25) is 11.8 Å². The monoisotopic (exact) mass is 655 g/mol. The highest BCUT2D eigenvalue weighted by molar-refractivity contribution is 7.92. The quantitative estimate of drug-likeness (QED) is 0.238. The Morgan fingerprint density at radius 1 is 0.956 bits per heavy atom. The Kier molecular flexibility index (Phi) is 11.7. The second-order valence-electron chi connectivity index (χ2n) is 11.3. The molecule has 2 amide bonds. The molecule has 1 aliphatic carbocycles. The van der Waals surface area contributed by atoms with Gasteiger partial charge in [-0.3, -0.25) is 13.9 Å². The van der Waals surface area contributed by atoms with Gasteiger partial charge < -0.3 is 19.7 Å². The van der Waals surface area contributed by atoms with E-state index < -0.39 is 28.5 Å². The van der Waals surface area contributed by atoms with Crippen molar-refractivity contribution >= 4 is 39.1 Å². The van der Waals surface area contributed by atoms with Crippen molar-refractivity contribution in [1.29, 1.82) is 0 Å². The fourth-order valence-electron chi connectivity index (χ4n) is 5.57. The summed E-state index contributed by atoms with van der Waals surface area (Å²) in [5, 5.41) is 3.35. The molecule has 1 N–H and O–H groups in total. The van der Waals surface area contributed by atoms with Crippen LogP contribution in [0.4, 0.5) is 5.69 Å². The number of methoxy groups -OCH3 is 2. The molecular formula is C34H42ClN3O6S. The zero-order chi connectivity index (χ0) is 32.6. The number of sulfonamides is 1. The molecule has 9 nitrogen and oxygen atoms in total. The number of anilines is 1. The van der Waals surface area contributed by atoms with E-state index in [-0.39, 0.29) is 34.1 Å². The average molecular weight is 656 g/mol. The van der Waals surface area contributed by atoms with Crippen LogP contribution in [-0.2, 0) is 26.2 Å². The molecule has 0 aromatic heterocycles. The first kappa shape index (κ1) is 34.1. The van der Waals surface area contributed by atoms with Gasteiger partial charge >= 0.3 is 0 Å². The maximum atomic E-state index is 14.3. The van der Waals surface area contributed by atoms with Crippen molar-refractivity contribution in [3.63, 3.8) is 0 Å². The van der Waals surface area contributed by atoms with Crippen LogP contribution in [0.1, 0.15) is 56.6 Å². The molecule has 45 heavy (non-hydrogen) atoms. The summed E-state index contributed by atoms with van der Waals surface area (Å²) in [4.78, 5) is 29.6. The molecule has 1 atom stereocenters. The second kappa shape index (κ2) is 15.5. The first-order valence-corrected chi connectivity index (χ1v) is 17.0. The Morgan fingerprint density at radius 2 is 1.62 bits per heavy atom. The molecule has 0 bridgehead atoms. The molecule has 1 fully saturated rings. The van der Waals surface area contributed by atoms with E-state index in [1.807, 2.05) is 26.0 Å². The number of amides is 2. The van der Waals surface area contributed by atoms with Gasteiger partial charge in [-0.05, 0) is 74.2 Å². The van der Waals surface area contributed by atoms with Gasteiger partial charge in [-0.25, -0.2) is 8.42 Å².